The van der Waals surface area contributed by atoms with Gasteiger partial charge in [-0.1, -0.05) is 36.4 Å². The van der Waals surface area contributed by atoms with Crippen molar-refractivity contribution in [2.75, 3.05) is 19.0 Å². The first kappa shape index (κ1) is 20.5. The molecule has 0 fully saturated rings. The lowest BCUT2D eigenvalue weighted by atomic mass is 9.99. The summed E-state index contributed by atoms with van der Waals surface area (Å²) in [5.74, 6) is 4.79. The fraction of sp³-hybridized carbons (Fsp3) is 0.160. The maximum absolute atomic E-state index is 12.8. The summed E-state index contributed by atoms with van der Waals surface area (Å²) in [4.78, 5) is 31.2. The van der Waals surface area contributed by atoms with Crippen molar-refractivity contribution in [1.29, 1.82) is 0 Å². The highest BCUT2D eigenvalue weighted by Crippen LogP contribution is 2.30. The Kier molecular flexibility index (Phi) is 5.64. The standard InChI is InChI=1S/C25H24N4O2/c1-29(2)21-11-9-17(10-12-21)22-14-19-7-8-20(15-23(19)27-22)24(30)13-16-3-5-18(6-4-16)25(31)28-26/h3-12,15H,13-14,26H2,1-2H3,(H,28,31). The molecule has 1 aliphatic rings. The van der Waals surface area contributed by atoms with E-state index in [0.29, 0.717) is 11.1 Å². The molecule has 3 aromatic carbocycles. The molecule has 0 aromatic heterocycles. The number of nitrogen functional groups attached to an aromatic ring is 1. The molecule has 1 aliphatic heterocycles. The number of rotatable bonds is 6. The molecule has 3 N–H and O–H groups in total. The van der Waals surface area contributed by atoms with Gasteiger partial charge >= 0.3 is 0 Å². The van der Waals surface area contributed by atoms with Crippen LogP contribution in [0.4, 0.5) is 11.4 Å². The lowest BCUT2D eigenvalue weighted by molar-refractivity contribution is 0.0952. The number of carbonyl (C=O) groups excluding carboxylic acids is 2. The molecule has 6 heteroatoms. The van der Waals surface area contributed by atoms with Gasteiger partial charge < -0.3 is 4.90 Å². The number of nitrogens with one attached hydrogen (secondary N) is 1. The number of nitrogens with two attached hydrogens (primary N) is 1. The fourth-order valence-electron chi connectivity index (χ4n) is 3.62. The van der Waals surface area contributed by atoms with Crippen molar-refractivity contribution in [2.24, 2.45) is 10.8 Å². The van der Waals surface area contributed by atoms with Crippen molar-refractivity contribution in [1.82, 2.24) is 5.43 Å². The number of aliphatic imine (C=N–C) groups is 1. The van der Waals surface area contributed by atoms with Gasteiger partial charge in [-0.2, -0.15) is 0 Å². The third kappa shape index (κ3) is 4.39. The minimum absolute atomic E-state index is 0.0119. The van der Waals surface area contributed by atoms with Gasteiger partial charge in [0.25, 0.3) is 5.91 Å². The van der Waals surface area contributed by atoms with Crippen LogP contribution in [0.2, 0.25) is 0 Å². The summed E-state index contributed by atoms with van der Waals surface area (Å²) in [6.45, 7) is 0. The molecule has 3 aromatic rings. The summed E-state index contributed by atoms with van der Waals surface area (Å²) in [7, 11) is 4.03. The number of hydrogen-bond acceptors (Lipinski definition) is 5. The Hall–Kier alpha value is -3.77. The number of nitrogens with zero attached hydrogens (tertiary/aromatic N) is 2. The largest absolute Gasteiger partial charge is 0.378 e. The molecule has 4 rings (SSSR count). The third-order valence-electron chi connectivity index (χ3n) is 5.45. The topological polar surface area (TPSA) is 87.8 Å². The Morgan fingerprint density at radius 2 is 1.65 bits per heavy atom. The Labute approximate surface area is 181 Å². The smallest absolute Gasteiger partial charge is 0.265 e. The Balaban J connectivity index is 1.49. The quantitative estimate of drug-likeness (QED) is 0.281. The van der Waals surface area contributed by atoms with E-state index < -0.39 is 0 Å². The van der Waals surface area contributed by atoms with Crippen molar-refractivity contribution in [3.63, 3.8) is 0 Å². The summed E-state index contributed by atoms with van der Waals surface area (Å²) >= 11 is 0. The van der Waals surface area contributed by atoms with E-state index >= 15 is 0 Å². The second-order valence-electron chi connectivity index (χ2n) is 7.79. The molecule has 0 atom stereocenters. The molecule has 0 aliphatic carbocycles. The zero-order valence-electron chi connectivity index (χ0n) is 17.6. The predicted octanol–water partition coefficient (Wildman–Crippen LogP) is 3.46. The first-order chi connectivity index (χ1) is 14.9. The van der Waals surface area contributed by atoms with Crippen LogP contribution in [-0.4, -0.2) is 31.5 Å². The molecular formula is C25H24N4O2. The van der Waals surface area contributed by atoms with Gasteiger partial charge in [-0.3, -0.25) is 20.0 Å². The Morgan fingerprint density at radius 1 is 0.968 bits per heavy atom. The summed E-state index contributed by atoms with van der Waals surface area (Å²) in [6, 6.07) is 20.9. The van der Waals surface area contributed by atoms with Crippen molar-refractivity contribution in [2.45, 2.75) is 12.8 Å². The molecular weight excluding hydrogens is 388 g/mol. The van der Waals surface area contributed by atoms with Gasteiger partial charge in [0.05, 0.1) is 11.4 Å². The number of Topliss-reactive ketones (excluding diaryl/α,β-unsaturated/α-hetero) is 1. The molecule has 0 bridgehead atoms. The van der Waals surface area contributed by atoms with E-state index in [4.69, 9.17) is 10.8 Å². The highest BCUT2D eigenvalue weighted by molar-refractivity contribution is 6.07. The first-order valence-corrected chi connectivity index (χ1v) is 10.1. The van der Waals surface area contributed by atoms with Gasteiger partial charge in [-0.05, 0) is 47.0 Å². The van der Waals surface area contributed by atoms with Gasteiger partial charge in [0.1, 0.15) is 0 Å². The summed E-state index contributed by atoms with van der Waals surface area (Å²) in [6.07, 6.45) is 1.02. The minimum Gasteiger partial charge on any atom is -0.378 e. The van der Waals surface area contributed by atoms with Crippen LogP contribution in [0.25, 0.3) is 0 Å². The van der Waals surface area contributed by atoms with Crippen molar-refractivity contribution >= 4 is 28.8 Å². The van der Waals surface area contributed by atoms with Crippen LogP contribution in [-0.2, 0) is 12.8 Å². The number of hydrogen-bond donors (Lipinski definition) is 2. The van der Waals surface area contributed by atoms with E-state index in [9.17, 15) is 9.59 Å². The molecule has 6 nitrogen and oxygen atoms in total. The highest BCUT2D eigenvalue weighted by Gasteiger charge is 2.18. The van der Waals surface area contributed by atoms with Crippen LogP contribution in [0.3, 0.4) is 0 Å². The van der Waals surface area contributed by atoms with Gasteiger partial charge in [-0.15, -0.1) is 0 Å². The van der Waals surface area contributed by atoms with Gasteiger partial charge in [0.15, 0.2) is 5.78 Å². The van der Waals surface area contributed by atoms with Gasteiger partial charge in [-0.25, -0.2) is 5.84 Å². The zero-order chi connectivity index (χ0) is 22.0. The van der Waals surface area contributed by atoms with E-state index in [1.165, 1.54) is 0 Å². The van der Waals surface area contributed by atoms with Gasteiger partial charge in [0.2, 0.25) is 0 Å². The minimum atomic E-state index is -0.360. The lowest BCUT2D eigenvalue weighted by Gasteiger charge is -2.12. The van der Waals surface area contributed by atoms with Crippen molar-refractivity contribution in [3.8, 4) is 0 Å². The number of carbonyl (C=O) groups is 2. The van der Waals surface area contributed by atoms with Crippen LogP contribution in [0.15, 0.2) is 71.7 Å². The summed E-state index contributed by atoms with van der Waals surface area (Å²) < 4.78 is 0. The van der Waals surface area contributed by atoms with Crippen molar-refractivity contribution in [3.05, 3.63) is 94.5 Å². The van der Waals surface area contributed by atoms with Crippen LogP contribution >= 0.6 is 0 Å². The second-order valence-corrected chi connectivity index (χ2v) is 7.79. The Bertz CT molecular complexity index is 1160. The monoisotopic (exact) mass is 412 g/mol. The highest BCUT2D eigenvalue weighted by atomic mass is 16.2. The SMILES string of the molecule is CN(C)c1ccc(C2=Nc3cc(C(=O)Cc4ccc(C(=O)NN)cc4)ccc3C2)cc1. The Morgan fingerprint density at radius 3 is 2.29 bits per heavy atom. The molecule has 0 radical (unpaired) electrons. The van der Waals surface area contributed by atoms with E-state index in [0.717, 1.165) is 40.2 Å². The maximum Gasteiger partial charge on any atom is 0.265 e. The molecule has 0 unspecified atom stereocenters. The van der Waals surface area contributed by atoms with E-state index in [-0.39, 0.29) is 18.1 Å². The summed E-state index contributed by atoms with van der Waals surface area (Å²) in [5.41, 5.74) is 9.25. The number of anilines is 1. The van der Waals surface area contributed by atoms with Crippen molar-refractivity contribution < 1.29 is 9.59 Å². The molecule has 0 spiro atoms. The number of amides is 1. The molecule has 156 valence electrons. The number of benzene rings is 3. The average molecular weight is 412 g/mol. The number of ketones is 1. The molecule has 0 saturated carbocycles. The van der Waals surface area contributed by atoms with Crippen LogP contribution in [0, 0.1) is 0 Å². The third-order valence-corrected chi connectivity index (χ3v) is 5.45. The maximum atomic E-state index is 12.8. The van der Waals surface area contributed by atoms with Crippen LogP contribution in [0.5, 0.6) is 0 Å². The average Bonchev–Trinajstić information content (AvgIpc) is 3.22. The van der Waals surface area contributed by atoms with E-state index in [1.807, 2.05) is 32.3 Å². The number of hydrazine groups is 1. The van der Waals surface area contributed by atoms with E-state index in [1.54, 1.807) is 24.3 Å². The second kappa shape index (κ2) is 8.53. The number of fused-ring (bicyclic) bond motifs is 1. The lowest BCUT2D eigenvalue weighted by Crippen LogP contribution is -2.29. The molecule has 1 amide bonds. The normalized spacial score (nSPS) is 12.2. The van der Waals surface area contributed by atoms with Crippen LogP contribution < -0.4 is 16.2 Å². The fourth-order valence-corrected chi connectivity index (χ4v) is 3.62. The molecule has 0 saturated heterocycles. The first-order valence-electron chi connectivity index (χ1n) is 10.1. The zero-order valence-corrected chi connectivity index (χ0v) is 17.6. The molecule has 31 heavy (non-hydrogen) atoms. The molecule has 1 heterocycles. The van der Waals surface area contributed by atoms with Gasteiger partial charge in [0, 0.05) is 43.8 Å². The van der Waals surface area contributed by atoms with Crippen LogP contribution in [0.1, 0.15) is 37.4 Å². The summed E-state index contributed by atoms with van der Waals surface area (Å²) in [5, 5.41) is 0. The predicted molar refractivity (Wildman–Crippen MR) is 123 cm³/mol. The van der Waals surface area contributed by atoms with E-state index in [2.05, 4.69) is 34.6 Å².